The lowest BCUT2D eigenvalue weighted by atomic mass is 9.83. The highest BCUT2D eigenvalue weighted by Gasteiger charge is 2.33. The fourth-order valence-corrected chi connectivity index (χ4v) is 6.03. The molecule has 0 bridgehead atoms. The van der Waals surface area contributed by atoms with Crippen LogP contribution in [0.2, 0.25) is 0 Å². The van der Waals surface area contributed by atoms with Gasteiger partial charge in [0.05, 0.1) is 12.1 Å². The van der Waals surface area contributed by atoms with Crippen LogP contribution in [-0.4, -0.2) is 58.0 Å². The molecule has 2 heterocycles. The fourth-order valence-electron chi connectivity index (χ4n) is 6.03. The maximum atomic E-state index is 13.1. The number of carbonyl (C=O) groups is 3. The molecule has 2 aliphatic rings. The molecule has 45 heavy (non-hydrogen) atoms. The molecule has 2 N–H and O–H groups in total. The summed E-state index contributed by atoms with van der Waals surface area (Å²) in [5, 5.41) is 14.9. The van der Waals surface area contributed by atoms with Crippen molar-refractivity contribution in [3.63, 3.8) is 0 Å². The Bertz CT molecular complexity index is 1510. The Morgan fingerprint density at radius 2 is 1.62 bits per heavy atom. The summed E-state index contributed by atoms with van der Waals surface area (Å²) >= 11 is 0. The number of carbonyl (C=O) groups excluding carboxylic acids is 3. The van der Waals surface area contributed by atoms with Crippen LogP contribution in [0.15, 0.2) is 60.7 Å². The molecule has 3 aromatic rings. The molecule has 3 amide bonds. The number of cyclic esters (lactones) is 1. The second kappa shape index (κ2) is 13.3. The molecule has 2 fully saturated rings. The second-order valence-corrected chi connectivity index (χ2v) is 13.4. The molecular formula is C35H43N5O5. The quantitative estimate of drug-likeness (QED) is 0.283. The van der Waals surface area contributed by atoms with Gasteiger partial charge in [-0.1, -0.05) is 54.6 Å². The van der Waals surface area contributed by atoms with Crippen molar-refractivity contribution < 1.29 is 23.9 Å². The molecule has 0 atom stereocenters. The Morgan fingerprint density at radius 3 is 2.24 bits per heavy atom. The topological polar surface area (TPSA) is 123 Å². The molecule has 2 aromatic carbocycles. The Labute approximate surface area is 264 Å². The van der Waals surface area contributed by atoms with Crippen LogP contribution in [0.4, 0.5) is 15.4 Å². The van der Waals surface area contributed by atoms with E-state index in [0.29, 0.717) is 31.1 Å². The highest BCUT2D eigenvalue weighted by molar-refractivity contribution is 5.91. The van der Waals surface area contributed by atoms with Gasteiger partial charge in [-0.25, -0.2) is 9.59 Å². The predicted octanol–water partition coefficient (Wildman–Crippen LogP) is 6.91. The lowest BCUT2D eigenvalue weighted by Crippen LogP contribution is -2.43. The molecule has 10 nitrogen and oxygen atoms in total. The summed E-state index contributed by atoms with van der Waals surface area (Å²) in [6.07, 6.45) is 3.24. The zero-order chi connectivity index (χ0) is 32.2. The predicted molar refractivity (Wildman–Crippen MR) is 172 cm³/mol. The van der Waals surface area contributed by atoms with Crippen LogP contribution in [0.25, 0.3) is 22.4 Å². The van der Waals surface area contributed by atoms with Crippen LogP contribution in [-0.2, 0) is 19.8 Å². The van der Waals surface area contributed by atoms with Gasteiger partial charge in [0.2, 0.25) is 5.91 Å². The van der Waals surface area contributed by atoms with Crippen LogP contribution in [0.1, 0.15) is 72.3 Å². The summed E-state index contributed by atoms with van der Waals surface area (Å²) < 4.78 is 10.5. The lowest BCUT2D eigenvalue weighted by Gasteiger charge is -2.32. The number of ether oxygens (including phenoxy) is 2. The molecule has 1 aliphatic heterocycles. The van der Waals surface area contributed by atoms with E-state index in [2.05, 4.69) is 20.8 Å². The van der Waals surface area contributed by atoms with Crippen molar-refractivity contribution in [3.8, 4) is 22.4 Å². The molecule has 1 aromatic heterocycles. The van der Waals surface area contributed by atoms with Gasteiger partial charge in [0, 0.05) is 23.6 Å². The van der Waals surface area contributed by atoms with Crippen molar-refractivity contribution in [1.29, 1.82) is 0 Å². The maximum Gasteiger partial charge on any atom is 0.410 e. The minimum Gasteiger partial charge on any atom is -0.448 e. The number of benzene rings is 2. The monoisotopic (exact) mass is 613 g/mol. The van der Waals surface area contributed by atoms with E-state index in [0.717, 1.165) is 47.9 Å². The average Bonchev–Trinajstić information content (AvgIpc) is 3.42. The van der Waals surface area contributed by atoms with Gasteiger partial charge >= 0.3 is 12.2 Å². The van der Waals surface area contributed by atoms with Gasteiger partial charge in [-0.3, -0.25) is 4.79 Å². The summed E-state index contributed by atoms with van der Waals surface area (Å²) in [5.74, 6) is 0.563. The normalized spacial score (nSPS) is 18.7. The third-order valence-corrected chi connectivity index (χ3v) is 8.36. The number of amides is 3. The van der Waals surface area contributed by atoms with Gasteiger partial charge in [-0.05, 0) is 83.4 Å². The first-order valence-electron chi connectivity index (χ1n) is 15.7. The molecule has 1 saturated heterocycles. The van der Waals surface area contributed by atoms with Crippen LogP contribution in [0.3, 0.4) is 0 Å². The summed E-state index contributed by atoms with van der Waals surface area (Å²) in [5.41, 5.74) is 2.99. The highest BCUT2D eigenvalue weighted by atomic mass is 16.6. The Hall–Kier alpha value is -4.47. The number of anilines is 1. The molecule has 1 saturated carbocycles. The SMILES string of the molecule is CC(C)(C)OC(=O)NC(C)(C)c1ccc(-c2nnc(NC(=O)CC3CCC(N4CCOC4=O)CC3)cc2-c2ccccc2)cc1. The van der Waals surface area contributed by atoms with Crippen molar-refractivity contribution >= 4 is 23.9 Å². The van der Waals surface area contributed by atoms with Crippen molar-refractivity contribution in [2.75, 3.05) is 18.5 Å². The van der Waals surface area contributed by atoms with Gasteiger partial charge < -0.3 is 25.0 Å². The molecule has 0 unspecified atom stereocenters. The average molecular weight is 614 g/mol. The number of hydrogen-bond acceptors (Lipinski definition) is 7. The van der Waals surface area contributed by atoms with Crippen molar-refractivity contribution in [2.45, 2.75) is 83.9 Å². The van der Waals surface area contributed by atoms with E-state index >= 15 is 0 Å². The van der Waals surface area contributed by atoms with Gasteiger partial charge in [-0.15, -0.1) is 10.2 Å². The summed E-state index contributed by atoms with van der Waals surface area (Å²) in [6.45, 7) is 10.5. The minimum atomic E-state index is -0.664. The lowest BCUT2D eigenvalue weighted by molar-refractivity contribution is -0.117. The van der Waals surface area contributed by atoms with E-state index in [9.17, 15) is 14.4 Å². The summed E-state index contributed by atoms with van der Waals surface area (Å²) in [6, 6.07) is 19.8. The zero-order valence-electron chi connectivity index (χ0n) is 26.8. The largest absolute Gasteiger partial charge is 0.448 e. The smallest absolute Gasteiger partial charge is 0.410 e. The third kappa shape index (κ3) is 8.17. The Morgan fingerprint density at radius 1 is 0.933 bits per heavy atom. The van der Waals surface area contributed by atoms with E-state index in [1.165, 1.54) is 0 Å². The van der Waals surface area contributed by atoms with Gasteiger partial charge in [0.15, 0.2) is 5.82 Å². The standard InChI is InChI=1S/C35H43N5O5/c1-34(2,3)45-32(42)37-35(4,5)26-15-13-25(14-16-26)31-28(24-9-7-6-8-10-24)22-29(38-39-31)36-30(41)21-23-11-17-27(18-12-23)40-19-20-44-33(40)43/h6-10,13-16,22-23,27H,11-12,17-21H2,1-5H3,(H,37,42)(H,36,38,41). The number of nitrogens with zero attached hydrogens (tertiary/aromatic N) is 3. The first-order valence-corrected chi connectivity index (χ1v) is 15.7. The zero-order valence-corrected chi connectivity index (χ0v) is 26.8. The number of hydrogen-bond donors (Lipinski definition) is 2. The minimum absolute atomic E-state index is 0.0934. The number of alkyl carbamates (subject to hydrolysis) is 1. The molecule has 5 rings (SSSR count). The first-order chi connectivity index (χ1) is 21.4. The molecule has 0 spiro atoms. The molecule has 10 heteroatoms. The summed E-state index contributed by atoms with van der Waals surface area (Å²) in [7, 11) is 0. The maximum absolute atomic E-state index is 13.1. The van der Waals surface area contributed by atoms with E-state index in [1.54, 1.807) is 0 Å². The Kier molecular flexibility index (Phi) is 9.41. The first kappa shape index (κ1) is 31.9. The van der Waals surface area contributed by atoms with Crippen LogP contribution in [0.5, 0.6) is 0 Å². The van der Waals surface area contributed by atoms with Crippen LogP contribution in [0, 0.1) is 5.92 Å². The van der Waals surface area contributed by atoms with E-state index in [1.807, 2.05) is 100 Å². The van der Waals surface area contributed by atoms with Gasteiger partial charge in [0.25, 0.3) is 0 Å². The number of nitrogens with one attached hydrogen (secondary N) is 2. The second-order valence-electron chi connectivity index (χ2n) is 13.4. The van der Waals surface area contributed by atoms with Crippen molar-refractivity contribution in [1.82, 2.24) is 20.4 Å². The van der Waals surface area contributed by atoms with Gasteiger partial charge in [-0.2, -0.15) is 0 Å². The number of aromatic nitrogens is 2. The van der Waals surface area contributed by atoms with E-state index in [4.69, 9.17) is 9.47 Å². The van der Waals surface area contributed by atoms with E-state index in [-0.39, 0.29) is 24.0 Å². The van der Waals surface area contributed by atoms with E-state index < -0.39 is 17.2 Å². The molecule has 0 radical (unpaired) electrons. The fraction of sp³-hybridized carbons (Fsp3) is 0.457. The van der Waals surface area contributed by atoms with Crippen LogP contribution >= 0.6 is 0 Å². The third-order valence-electron chi connectivity index (χ3n) is 8.36. The number of rotatable bonds is 8. The van der Waals surface area contributed by atoms with Crippen molar-refractivity contribution in [2.24, 2.45) is 5.92 Å². The summed E-state index contributed by atoms with van der Waals surface area (Å²) in [4.78, 5) is 39.2. The highest BCUT2D eigenvalue weighted by Crippen LogP contribution is 2.34. The molecular weight excluding hydrogens is 570 g/mol. The van der Waals surface area contributed by atoms with Crippen LogP contribution < -0.4 is 10.6 Å². The van der Waals surface area contributed by atoms with Crippen molar-refractivity contribution in [3.05, 3.63) is 66.2 Å². The molecule has 238 valence electrons. The van der Waals surface area contributed by atoms with Gasteiger partial charge in [0.1, 0.15) is 17.9 Å². The Balaban J connectivity index is 1.28. The molecule has 1 aliphatic carbocycles.